The maximum absolute atomic E-state index is 11.6. The molecule has 1 amide bonds. The van der Waals surface area contributed by atoms with Crippen molar-refractivity contribution in [1.82, 2.24) is 5.32 Å². The molecule has 5 nitrogen and oxygen atoms in total. The van der Waals surface area contributed by atoms with Crippen LogP contribution in [0.1, 0.15) is 40.0 Å². The number of hydrogen-bond acceptors (Lipinski definition) is 4. The Labute approximate surface area is 114 Å². The molecule has 0 heterocycles. The molecule has 0 aliphatic heterocycles. The predicted octanol–water partition coefficient (Wildman–Crippen LogP) is 2.56. The molecule has 0 aliphatic rings. The SMILES string of the molecule is C=C=CC[C@H](CCC(=O)OC)NC(=O)OC(C)(C)C. The first kappa shape index (κ1) is 17.3. The molecule has 0 aromatic carbocycles. The maximum Gasteiger partial charge on any atom is 0.407 e. The third kappa shape index (κ3) is 9.92. The molecule has 1 N–H and O–H groups in total. The molecule has 108 valence electrons. The Kier molecular flexibility index (Phi) is 7.61. The van der Waals surface area contributed by atoms with Crippen LogP contribution in [0.4, 0.5) is 4.79 Å². The van der Waals surface area contributed by atoms with Gasteiger partial charge in [0.25, 0.3) is 0 Å². The standard InChI is InChI=1S/C14H23NO4/c1-6-7-8-11(9-10-12(16)18-5)15-13(17)19-14(2,3)4/h7,11H,1,8-10H2,2-5H3,(H,15,17)/t11-/m1/s1. The van der Waals surface area contributed by atoms with Crippen LogP contribution in [0, 0.1) is 0 Å². The molecule has 0 saturated carbocycles. The Balaban J connectivity index is 4.37. The van der Waals surface area contributed by atoms with Crippen molar-refractivity contribution < 1.29 is 19.1 Å². The highest BCUT2D eigenvalue weighted by Gasteiger charge is 2.19. The molecule has 0 spiro atoms. The van der Waals surface area contributed by atoms with E-state index in [9.17, 15) is 9.59 Å². The minimum Gasteiger partial charge on any atom is -0.469 e. The number of carbonyl (C=O) groups is 2. The van der Waals surface area contributed by atoms with Gasteiger partial charge < -0.3 is 14.8 Å². The summed E-state index contributed by atoms with van der Waals surface area (Å²) < 4.78 is 9.73. The van der Waals surface area contributed by atoms with E-state index in [4.69, 9.17) is 4.74 Å². The fourth-order valence-corrected chi connectivity index (χ4v) is 1.34. The van der Waals surface area contributed by atoms with Crippen LogP contribution in [-0.2, 0) is 14.3 Å². The van der Waals surface area contributed by atoms with E-state index in [1.807, 2.05) is 0 Å². The average molecular weight is 269 g/mol. The summed E-state index contributed by atoms with van der Waals surface area (Å²) in [7, 11) is 1.34. The van der Waals surface area contributed by atoms with Crippen molar-refractivity contribution in [2.75, 3.05) is 7.11 Å². The Hall–Kier alpha value is -1.74. The highest BCUT2D eigenvalue weighted by atomic mass is 16.6. The minimum absolute atomic E-state index is 0.205. The summed E-state index contributed by atoms with van der Waals surface area (Å²) in [5.41, 5.74) is 2.09. The van der Waals surface area contributed by atoms with Crippen molar-refractivity contribution in [3.63, 3.8) is 0 Å². The van der Waals surface area contributed by atoms with Gasteiger partial charge in [0.2, 0.25) is 0 Å². The number of carbonyl (C=O) groups excluding carboxylic acids is 2. The Morgan fingerprint density at radius 1 is 1.42 bits per heavy atom. The Morgan fingerprint density at radius 2 is 2.05 bits per heavy atom. The van der Waals surface area contributed by atoms with E-state index < -0.39 is 11.7 Å². The number of hydrogen-bond donors (Lipinski definition) is 1. The molecule has 0 aromatic rings. The summed E-state index contributed by atoms with van der Waals surface area (Å²) in [6.45, 7) is 8.84. The number of amides is 1. The summed E-state index contributed by atoms with van der Waals surface area (Å²) in [4.78, 5) is 22.7. The lowest BCUT2D eigenvalue weighted by molar-refractivity contribution is -0.140. The predicted molar refractivity (Wildman–Crippen MR) is 72.7 cm³/mol. The summed E-state index contributed by atoms with van der Waals surface area (Å²) >= 11 is 0. The molecule has 0 aliphatic carbocycles. The molecule has 0 rings (SSSR count). The highest BCUT2D eigenvalue weighted by molar-refractivity contribution is 5.70. The smallest absolute Gasteiger partial charge is 0.407 e. The molecule has 1 atom stereocenters. The van der Waals surface area contributed by atoms with Gasteiger partial charge in [0.15, 0.2) is 0 Å². The molecule has 0 fully saturated rings. The van der Waals surface area contributed by atoms with Gasteiger partial charge in [0.1, 0.15) is 5.60 Å². The third-order valence-corrected chi connectivity index (χ3v) is 2.19. The van der Waals surface area contributed by atoms with E-state index in [0.717, 1.165) is 0 Å². The van der Waals surface area contributed by atoms with Gasteiger partial charge in [0.05, 0.1) is 7.11 Å². The second kappa shape index (κ2) is 8.38. The van der Waals surface area contributed by atoms with E-state index in [1.165, 1.54) is 7.11 Å². The molecule has 0 unspecified atom stereocenters. The van der Waals surface area contributed by atoms with E-state index >= 15 is 0 Å². The van der Waals surface area contributed by atoms with Crippen molar-refractivity contribution in [2.24, 2.45) is 0 Å². The number of ether oxygens (including phenoxy) is 2. The van der Waals surface area contributed by atoms with Crippen LogP contribution in [0.3, 0.4) is 0 Å². The van der Waals surface area contributed by atoms with E-state index in [2.05, 4.69) is 22.4 Å². The summed E-state index contributed by atoms with van der Waals surface area (Å²) in [6, 6.07) is -0.205. The van der Waals surface area contributed by atoms with Crippen LogP contribution in [0.5, 0.6) is 0 Å². The van der Waals surface area contributed by atoms with Gasteiger partial charge in [-0.25, -0.2) is 4.79 Å². The van der Waals surface area contributed by atoms with Crippen LogP contribution < -0.4 is 5.32 Å². The molecule has 19 heavy (non-hydrogen) atoms. The Bertz CT molecular complexity index is 351. The molecule has 5 heteroatoms. The lowest BCUT2D eigenvalue weighted by atomic mass is 10.1. The van der Waals surface area contributed by atoms with Gasteiger partial charge in [-0.1, -0.05) is 6.58 Å². The topological polar surface area (TPSA) is 64.6 Å². The Morgan fingerprint density at radius 3 is 2.53 bits per heavy atom. The van der Waals surface area contributed by atoms with E-state index in [0.29, 0.717) is 12.8 Å². The maximum atomic E-state index is 11.6. The van der Waals surface area contributed by atoms with Crippen molar-refractivity contribution in [3.05, 3.63) is 18.4 Å². The van der Waals surface area contributed by atoms with Crippen molar-refractivity contribution in [1.29, 1.82) is 0 Å². The first-order valence-corrected chi connectivity index (χ1v) is 6.19. The van der Waals surface area contributed by atoms with Gasteiger partial charge >= 0.3 is 12.1 Å². The van der Waals surface area contributed by atoms with Crippen LogP contribution in [0.2, 0.25) is 0 Å². The molecule has 0 aromatic heterocycles. The zero-order chi connectivity index (χ0) is 14.9. The number of rotatable bonds is 6. The largest absolute Gasteiger partial charge is 0.469 e. The minimum atomic E-state index is -0.550. The van der Waals surface area contributed by atoms with Gasteiger partial charge in [-0.05, 0) is 39.7 Å². The summed E-state index contributed by atoms with van der Waals surface area (Å²) in [6.07, 6.45) is 2.46. The summed E-state index contributed by atoms with van der Waals surface area (Å²) in [5.74, 6) is -0.307. The summed E-state index contributed by atoms with van der Waals surface area (Å²) in [5, 5.41) is 2.72. The van der Waals surface area contributed by atoms with Crippen LogP contribution >= 0.6 is 0 Å². The van der Waals surface area contributed by atoms with Gasteiger partial charge in [-0.3, -0.25) is 4.79 Å². The lowest BCUT2D eigenvalue weighted by Crippen LogP contribution is -2.39. The van der Waals surface area contributed by atoms with Crippen LogP contribution in [0.15, 0.2) is 18.4 Å². The van der Waals surface area contributed by atoms with Gasteiger partial charge in [-0.15, -0.1) is 5.73 Å². The van der Waals surface area contributed by atoms with Crippen molar-refractivity contribution >= 4 is 12.1 Å². The molecule has 0 bridgehead atoms. The van der Waals surface area contributed by atoms with Crippen molar-refractivity contribution in [2.45, 2.75) is 51.7 Å². The second-order valence-electron chi connectivity index (χ2n) is 5.10. The number of methoxy groups -OCH3 is 1. The van der Waals surface area contributed by atoms with E-state index in [-0.39, 0.29) is 18.4 Å². The number of alkyl carbamates (subject to hydrolysis) is 1. The molecule has 0 saturated heterocycles. The zero-order valence-electron chi connectivity index (χ0n) is 12.1. The normalized spacial score (nSPS) is 12.0. The van der Waals surface area contributed by atoms with Crippen LogP contribution in [-0.4, -0.2) is 30.8 Å². The van der Waals surface area contributed by atoms with Crippen LogP contribution in [0.25, 0.3) is 0 Å². The van der Waals surface area contributed by atoms with Crippen molar-refractivity contribution in [3.8, 4) is 0 Å². The fraction of sp³-hybridized carbons (Fsp3) is 0.643. The number of nitrogens with one attached hydrogen (secondary N) is 1. The quantitative estimate of drug-likeness (QED) is 0.594. The van der Waals surface area contributed by atoms with Gasteiger partial charge in [0, 0.05) is 12.5 Å². The number of esters is 1. The molecular weight excluding hydrogens is 246 g/mol. The first-order valence-electron chi connectivity index (χ1n) is 6.19. The lowest BCUT2D eigenvalue weighted by Gasteiger charge is -2.22. The third-order valence-electron chi connectivity index (χ3n) is 2.19. The second-order valence-corrected chi connectivity index (χ2v) is 5.10. The van der Waals surface area contributed by atoms with Gasteiger partial charge in [-0.2, -0.15) is 0 Å². The monoisotopic (exact) mass is 269 g/mol. The first-order chi connectivity index (χ1) is 8.78. The molecular formula is C14H23NO4. The molecule has 0 radical (unpaired) electrons. The van der Waals surface area contributed by atoms with E-state index in [1.54, 1.807) is 26.8 Å². The average Bonchev–Trinajstić information content (AvgIpc) is 2.29. The zero-order valence-corrected chi connectivity index (χ0v) is 12.1. The fourth-order valence-electron chi connectivity index (χ4n) is 1.34. The highest BCUT2D eigenvalue weighted by Crippen LogP contribution is 2.09.